The molecule has 7 nitrogen and oxygen atoms in total. The molecular weight excluding hydrogens is 392 g/mol. The molecule has 0 spiro atoms. The molecule has 0 atom stereocenters. The van der Waals surface area contributed by atoms with Crippen LogP contribution in [0, 0.1) is 0 Å². The van der Waals surface area contributed by atoms with Gasteiger partial charge in [-0.1, -0.05) is 37.3 Å². The van der Waals surface area contributed by atoms with E-state index in [0.29, 0.717) is 22.3 Å². The van der Waals surface area contributed by atoms with Gasteiger partial charge in [-0.2, -0.15) is 0 Å². The molecule has 0 bridgehead atoms. The van der Waals surface area contributed by atoms with E-state index in [4.69, 9.17) is 9.57 Å². The highest BCUT2D eigenvalue weighted by molar-refractivity contribution is 7.89. The number of rotatable bonds is 8. The standard InChI is InChI=1S/C21H22N2O5S/c1-3-7-21(24)28-23(29(25,26)19-10-6-9-18(14-19)27-2)15-17-13-12-16-8-4-5-11-20(16)22-17/h4-6,8-14H,3,7,15H2,1-2H3. The SMILES string of the molecule is CCCC(=O)ON(Cc1ccc2ccccc2n1)S(=O)(=O)c1cccc(OC)c1. The van der Waals surface area contributed by atoms with Crippen molar-refractivity contribution < 1.29 is 22.8 Å². The van der Waals surface area contributed by atoms with E-state index in [9.17, 15) is 13.2 Å². The van der Waals surface area contributed by atoms with Gasteiger partial charge in [-0.25, -0.2) is 8.42 Å². The zero-order valence-corrected chi connectivity index (χ0v) is 17.1. The van der Waals surface area contributed by atoms with Gasteiger partial charge in [0.2, 0.25) is 0 Å². The predicted molar refractivity (Wildman–Crippen MR) is 108 cm³/mol. The summed E-state index contributed by atoms with van der Waals surface area (Å²) in [5.74, 6) is -0.241. The molecule has 0 aliphatic heterocycles. The number of nitrogens with zero attached hydrogens (tertiary/aromatic N) is 2. The third kappa shape index (κ3) is 4.90. The molecule has 0 saturated heterocycles. The van der Waals surface area contributed by atoms with Crippen LogP contribution in [0.1, 0.15) is 25.5 Å². The molecule has 0 fully saturated rings. The van der Waals surface area contributed by atoms with Gasteiger partial charge in [0.05, 0.1) is 29.8 Å². The average molecular weight is 414 g/mol. The summed E-state index contributed by atoms with van der Waals surface area (Å²) in [4.78, 5) is 21.8. The van der Waals surface area contributed by atoms with Crippen LogP contribution in [0.15, 0.2) is 65.6 Å². The number of sulfonamides is 1. The smallest absolute Gasteiger partial charge is 0.326 e. The number of fused-ring (bicyclic) bond motifs is 1. The van der Waals surface area contributed by atoms with Crippen LogP contribution in [0.3, 0.4) is 0 Å². The highest BCUT2D eigenvalue weighted by Crippen LogP contribution is 2.23. The summed E-state index contributed by atoms with van der Waals surface area (Å²) < 4.78 is 32.2. The van der Waals surface area contributed by atoms with E-state index in [1.807, 2.05) is 37.3 Å². The number of para-hydroxylation sites is 1. The van der Waals surface area contributed by atoms with E-state index < -0.39 is 16.0 Å². The van der Waals surface area contributed by atoms with Gasteiger partial charge in [0.15, 0.2) is 0 Å². The summed E-state index contributed by atoms with van der Waals surface area (Å²) in [5, 5.41) is 0.932. The summed E-state index contributed by atoms with van der Waals surface area (Å²) >= 11 is 0. The number of carbonyl (C=O) groups excluding carboxylic acids is 1. The lowest BCUT2D eigenvalue weighted by atomic mass is 10.2. The van der Waals surface area contributed by atoms with Crippen molar-refractivity contribution in [2.75, 3.05) is 7.11 Å². The quantitative estimate of drug-likeness (QED) is 0.523. The largest absolute Gasteiger partial charge is 0.497 e. The highest BCUT2D eigenvalue weighted by atomic mass is 32.2. The molecule has 0 amide bonds. The summed E-state index contributed by atoms with van der Waals surface area (Å²) in [7, 11) is -2.68. The Kier molecular flexibility index (Phi) is 6.46. The number of aromatic nitrogens is 1. The summed E-state index contributed by atoms with van der Waals surface area (Å²) in [6, 6.07) is 17.1. The maximum atomic E-state index is 13.2. The zero-order valence-electron chi connectivity index (χ0n) is 16.2. The first-order chi connectivity index (χ1) is 13.9. The minimum absolute atomic E-state index is 0.0399. The molecular formula is C21H22N2O5S. The van der Waals surface area contributed by atoms with Crippen LogP contribution in [-0.2, 0) is 26.2 Å². The Morgan fingerprint density at radius 2 is 1.86 bits per heavy atom. The van der Waals surface area contributed by atoms with Crippen LogP contribution in [0.5, 0.6) is 5.75 Å². The fourth-order valence-corrected chi connectivity index (χ4v) is 3.97. The van der Waals surface area contributed by atoms with Crippen molar-refractivity contribution in [2.45, 2.75) is 31.2 Å². The third-order valence-electron chi connectivity index (χ3n) is 4.21. The Hall–Kier alpha value is -2.97. The van der Waals surface area contributed by atoms with E-state index in [0.717, 1.165) is 10.9 Å². The molecule has 0 saturated carbocycles. The van der Waals surface area contributed by atoms with Gasteiger partial charge in [-0.3, -0.25) is 9.78 Å². The Bertz CT molecular complexity index is 1110. The number of carbonyl (C=O) groups is 1. The van der Waals surface area contributed by atoms with Gasteiger partial charge in [0, 0.05) is 17.9 Å². The average Bonchev–Trinajstić information content (AvgIpc) is 2.73. The fraction of sp³-hybridized carbons (Fsp3) is 0.238. The molecule has 0 unspecified atom stereocenters. The van der Waals surface area contributed by atoms with Crippen LogP contribution in [0.4, 0.5) is 0 Å². The summed E-state index contributed by atoms with van der Waals surface area (Å²) in [5.41, 5.74) is 1.18. The van der Waals surface area contributed by atoms with Gasteiger partial charge >= 0.3 is 5.97 Å². The molecule has 0 N–H and O–H groups in total. The highest BCUT2D eigenvalue weighted by Gasteiger charge is 2.29. The normalized spacial score (nSPS) is 11.6. The van der Waals surface area contributed by atoms with Crippen molar-refractivity contribution in [1.29, 1.82) is 0 Å². The van der Waals surface area contributed by atoms with Crippen molar-refractivity contribution in [3.05, 3.63) is 66.4 Å². The van der Waals surface area contributed by atoms with Gasteiger partial charge in [0.1, 0.15) is 5.75 Å². The fourth-order valence-electron chi connectivity index (χ4n) is 2.74. The second kappa shape index (κ2) is 9.02. The van der Waals surface area contributed by atoms with Crippen LogP contribution >= 0.6 is 0 Å². The Morgan fingerprint density at radius 3 is 2.62 bits per heavy atom. The molecule has 0 radical (unpaired) electrons. The van der Waals surface area contributed by atoms with Gasteiger partial charge in [0.25, 0.3) is 10.0 Å². The minimum atomic E-state index is -4.13. The molecule has 1 heterocycles. The van der Waals surface area contributed by atoms with Crippen molar-refractivity contribution in [1.82, 2.24) is 9.45 Å². The molecule has 152 valence electrons. The van der Waals surface area contributed by atoms with Crippen molar-refractivity contribution >= 4 is 26.9 Å². The summed E-state index contributed by atoms with van der Waals surface area (Å²) in [6.45, 7) is 1.60. The van der Waals surface area contributed by atoms with E-state index in [1.54, 1.807) is 18.2 Å². The first-order valence-corrected chi connectivity index (χ1v) is 10.6. The van der Waals surface area contributed by atoms with E-state index in [-0.39, 0.29) is 17.9 Å². The molecule has 0 aliphatic carbocycles. The minimum Gasteiger partial charge on any atom is -0.497 e. The second-order valence-electron chi connectivity index (χ2n) is 6.35. The van der Waals surface area contributed by atoms with Crippen molar-refractivity contribution in [2.24, 2.45) is 0 Å². The third-order valence-corrected chi connectivity index (χ3v) is 5.80. The second-order valence-corrected chi connectivity index (χ2v) is 8.18. The van der Waals surface area contributed by atoms with Crippen LogP contribution in [0.2, 0.25) is 0 Å². The van der Waals surface area contributed by atoms with Crippen molar-refractivity contribution in [3.63, 3.8) is 0 Å². The topological polar surface area (TPSA) is 85.8 Å². The molecule has 1 aromatic heterocycles. The molecule has 8 heteroatoms. The van der Waals surface area contributed by atoms with Gasteiger partial charge < -0.3 is 9.57 Å². The molecule has 3 aromatic rings. The number of ether oxygens (including phenoxy) is 1. The molecule has 29 heavy (non-hydrogen) atoms. The monoisotopic (exact) mass is 414 g/mol. The van der Waals surface area contributed by atoms with Gasteiger partial charge in [-0.05, 0) is 35.2 Å². The van der Waals surface area contributed by atoms with Crippen molar-refractivity contribution in [3.8, 4) is 5.75 Å². The Balaban J connectivity index is 1.97. The molecule has 2 aromatic carbocycles. The van der Waals surface area contributed by atoms with E-state index in [1.165, 1.54) is 19.2 Å². The number of hydrogen-bond donors (Lipinski definition) is 0. The predicted octanol–water partition coefficient (Wildman–Crippen LogP) is 3.69. The van der Waals surface area contributed by atoms with Gasteiger partial charge in [-0.15, -0.1) is 0 Å². The first-order valence-electron chi connectivity index (χ1n) is 9.16. The number of benzene rings is 2. The van der Waals surface area contributed by atoms with Crippen LogP contribution in [-0.4, -0.2) is 30.9 Å². The summed E-state index contributed by atoms with van der Waals surface area (Å²) in [6.07, 6.45) is 0.648. The first kappa shape index (κ1) is 20.8. The molecule has 3 rings (SSSR count). The van der Waals surface area contributed by atoms with E-state index >= 15 is 0 Å². The zero-order chi connectivity index (χ0) is 20.9. The number of methoxy groups -OCH3 is 1. The Morgan fingerprint density at radius 1 is 1.07 bits per heavy atom. The molecule has 0 aliphatic rings. The van der Waals surface area contributed by atoms with Crippen LogP contribution in [0.25, 0.3) is 10.9 Å². The lowest BCUT2D eigenvalue weighted by Gasteiger charge is -2.21. The van der Waals surface area contributed by atoms with Crippen LogP contribution < -0.4 is 4.74 Å². The lowest BCUT2D eigenvalue weighted by Crippen LogP contribution is -2.33. The van der Waals surface area contributed by atoms with E-state index in [2.05, 4.69) is 4.98 Å². The lowest BCUT2D eigenvalue weighted by molar-refractivity contribution is -0.171. The maximum Gasteiger partial charge on any atom is 0.326 e. The number of hydrogen-bond acceptors (Lipinski definition) is 6. The Labute approximate surface area is 169 Å². The number of hydroxylamine groups is 1. The number of pyridine rings is 1. The maximum absolute atomic E-state index is 13.2.